The minimum atomic E-state index is -0.560. The van der Waals surface area contributed by atoms with Crippen molar-refractivity contribution in [2.75, 3.05) is 6.61 Å². The summed E-state index contributed by atoms with van der Waals surface area (Å²) in [5, 5.41) is 3.27. The normalized spacial score (nSPS) is 12.1. The van der Waals surface area contributed by atoms with Crippen LogP contribution in [0.3, 0.4) is 0 Å². The van der Waals surface area contributed by atoms with E-state index in [1.807, 2.05) is 19.2 Å². The van der Waals surface area contributed by atoms with Gasteiger partial charge in [0, 0.05) is 17.0 Å². The van der Waals surface area contributed by atoms with Crippen LogP contribution >= 0.6 is 22.9 Å². The maximum Gasteiger partial charge on any atom is 0.252 e. The predicted octanol–water partition coefficient (Wildman–Crippen LogP) is 3.57. The van der Waals surface area contributed by atoms with Gasteiger partial charge in [-0.25, -0.2) is 4.98 Å². The Morgan fingerprint density at radius 3 is 2.95 bits per heavy atom. The molecule has 1 amide bonds. The van der Waals surface area contributed by atoms with Crippen LogP contribution in [0, 0.1) is 0 Å². The molecule has 0 saturated heterocycles. The molecule has 0 saturated carbocycles. The van der Waals surface area contributed by atoms with Crippen LogP contribution in [0.15, 0.2) is 23.6 Å². The van der Waals surface area contributed by atoms with E-state index in [4.69, 9.17) is 26.8 Å². The molecule has 1 aromatic carbocycles. The fourth-order valence-electron chi connectivity index (χ4n) is 1.87. The van der Waals surface area contributed by atoms with Crippen LogP contribution in [-0.2, 0) is 11.3 Å². The number of amides is 1. The summed E-state index contributed by atoms with van der Waals surface area (Å²) in [4.78, 5) is 15.8. The van der Waals surface area contributed by atoms with Crippen molar-refractivity contribution < 1.29 is 14.3 Å². The molecule has 22 heavy (non-hydrogen) atoms. The molecule has 2 rings (SSSR count). The lowest BCUT2D eigenvalue weighted by Gasteiger charge is -2.09. The van der Waals surface area contributed by atoms with Crippen molar-refractivity contribution in [2.45, 2.75) is 26.6 Å². The lowest BCUT2D eigenvalue weighted by Crippen LogP contribution is -2.13. The molecule has 0 unspecified atom stereocenters. The standard InChI is InChI=1S/C15H17ClN2O3S/c1-3-20-9(2)15-18-11(8-22-15)7-21-13-6-10(16)4-5-12(13)14(17)19/h4-6,8-9H,3,7H2,1-2H3,(H2,17,19)/t9-/m1/s1. The number of aromatic nitrogens is 1. The third kappa shape index (κ3) is 4.19. The summed E-state index contributed by atoms with van der Waals surface area (Å²) in [6.45, 7) is 4.76. The number of halogens is 1. The Labute approximate surface area is 138 Å². The number of carbonyl (C=O) groups excluding carboxylic acids is 1. The van der Waals surface area contributed by atoms with Crippen LogP contribution in [0.4, 0.5) is 0 Å². The van der Waals surface area contributed by atoms with Gasteiger partial charge in [-0.05, 0) is 32.0 Å². The first-order valence-corrected chi connectivity index (χ1v) is 8.05. The van der Waals surface area contributed by atoms with E-state index < -0.39 is 5.91 Å². The Morgan fingerprint density at radius 1 is 1.50 bits per heavy atom. The number of rotatable bonds is 7. The van der Waals surface area contributed by atoms with Crippen LogP contribution in [-0.4, -0.2) is 17.5 Å². The molecular formula is C15H17ClN2O3S. The second-order valence-electron chi connectivity index (χ2n) is 4.57. The van der Waals surface area contributed by atoms with Gasteiger partial charge >= 0.3 is 0 Å². The number of hydrogen-bond acceptors (Lipinski definition) is 5. The Bertz CT molecular complexity index is 660. The van der Waals surface area contributed by atoms with E-state index in [0.29, 0.717) is 22.9 Å². The van der Waals surface area contributed by atoms with Gasteiger partial charge in [0.15, 0.2) is 0 Å². The maximum atomic E-state index is 11.4. The summed E-state index contributed by atoms with van der Waals surface area (Å²) in [5.74, 6) is -0.206. The molecule has 0 bridgehead atoms. The minimum Gasteiger partial charge on any atom is -0.486 e. The van der Waals surface area contributed by atoms with Crippen LogP contribution in [0.5, 0.6) is 5.75 Å². The molecule has 2 N–H and O–H groups in total. The molecule has 2 aromatic rings. The molecule has 118 valence electrons. The first-order valence-electron chi connectivity index (χ1n) is 6.79. The van der Waals surface area contributed by atoms with Gasteiger partial charge in [-0.3, -0.25) is 4.79 Å². The zero-order valence-corrected chi connectivity index (χ0v) is 13.9. The van der Waals surface area contributed by atoms with Crippen molar-refractivity contribution >= 4 is 28.8 Å². The van der Waals surface area contributed by atoms with Gasteiger partial charge in [-0.2, -0.15) is 0 Å². The molecule has 0 aliphatic rings. The third-order valence-electron chi connectivity index (χ3n) is 2.92. The largest absolute Gasteiger partial charge is 0.486 e. The van der Waals surface area contributed by atoms with Crippen molar-refractivity contribution in [3.63, 3.8) is 0 Å². The number of ether oxygens (including phenoxy) is 2. The highest BCUT2D eigenvalue weighted by Gasteiger charge is 2.13. The molecule has 0 aliphatic heterocycles. The summed E-state index contributed by atoms with van der Waals surface area (Å²) in [6.07, 6.45) is -0.0453. The molecule has 1 heterocycles. The van der Waals surface area contributed by atoms with Crippen molar-refractivity contribution in [1.29, 1.82) is 0 Å². The average Bonchev–Trinajstić information content (AvgIpc) is 2.94. The Morgan fingerprint density at radius 2 is 2.27 bits per heavy atom. The van der Waals surface area contributed by atoms with Crippen LogP contribution in [0.2, 0.25) is 5.02 Å². The lowest BCUT2D eigenvalue weighted by atomic mass is 10.2. The van der Waals surface area contributed by atoms with Gasteiger partial charge in [0.05, 0.1) is 11.3 Å². The highest BCUT2D eigenvalue weighted by Crippen LogP contribution is 2.25. The van der Waals surface area contributed by atoms with E-state index >= 15 is 0 Å². The van der Waals surface area contributed by atoms with Crippen molar-refractivity contribution in [3.05, 3.63) is 44.9 Å². The maximum absolute atomic E-state index is 11.4. The second-order valence-corrected chi connectivity index (χ2v) is 5.89. The third-order valence-corrected chi connectivity index (χ3v) is 4.21. The summed E-state index contributed by atoms with van der Waals surface area (Å²) in [6, 6.07) is 4.71. The number of carbonyl (C=O) groups is 1. The SMILES string of the molecule is CCO[C@H](C)c1nc(COc2cc(Cl)ccc2C(N)=O)cs1. The Kier molecular flexibility index (Phi) is 5.76. The van der Waals surface area contributed by atoms with Crippen molar-refractivity contribution in [2.24, 2.45) is 5.73 Å². The number of nitrogens with zero attached hydrogens (tertiary/aromatic N) is 1. The van der Waals surface area contributed by atoms with Crippen LogP contribution < -0.4 is 10.5 Å². The van der Waals surface area contributed by atoms with Gasteiger partial charge in [-0.1, -0.05) is 11.6 Å². The van der Waals surface area contributed by atoms with Gasteiger partial charge in [0.2, 0.25) is 0 Å². The highest BCUT2D eigenvalue weighted by atomic mass is 35.5. The Balaban J connectivity index is 2.07. The molecule has 7 heteroatoms. The Hall–Kier alpha value is -1.63. The summed E-state index contributed by atoms with van der Waals surface area (Å²) < 4.78 is 11.1. The van der Waals surface area contributed by atoms with E-state index in [9.17, 15) is 4.79 Å². The molecule has 0 fully saturated rings. The number of nitrogens with two attached hydrogens (primary N) is 1. The fraction of sp³-hybridized carbons (Fsp3) is 0.333. The van der Waals surface area contributed by atoms with E-state index in [1.165, 1.54) is 11.3 Å². The van der Waals surface area contributed by atoms with E-state index in [1.54, 1.807) is 18.2 Å². The summed E-state index contributed by atoms with van der Waals surface area (Å²) >= 11 is 7.43. The second kappa shape index (κ2) is 7.58. The number of thiazole rings is 1. The van der Waals surface area contributed by atoms with Gasteiger partial charge in [-0.15, -0.1) is 11.3 Å². The smallest absolute Gasteiger partial charge is 0.252 e. The number of hydrogen-bond donors (Lipinski definition) is 1. The predicted molar refractivity (Wildman–Crippen MR) is 86.5 cm³/mol. The zero-order valence-electron chi connectivity index (χ0n) is 12.3. The molecule has 0 radical (unpaired) electrons. The van der Waals surface area contributed by atoms with E-state index in [-0.39, 0.29) is 12.7 Å². The molecule has 1 atom stereocenters. The zero-order chi connectivity index (χ0) is 16.1. The highest BCUT2D eigenvalue weighted by molar-refractivity contribution is 7.09. The van der Waals surface area contributed by atoms with Crippen molar-refractivity contribution in [1.82, 2.24) is 4.98 Å². The first-order chi connectivity index (χ1) is 10.5. The van der Waals surface area contributed by atoms with Gasteiger partial charge < -0.3 is 15.2 Å². The monoisotopic (exact) mass is 340 g/mol. The topological polar surface area (TPSA) is 74.4 Å². The molecule has 1 aromatic heterocycles. The van der Waals surface area contributed by atoms with Gasteiger partial charge in [0.1, 0.15) is 23.5 Å². The molecular weight excluding hydrogens is 324 g/mol. The first kappa shape index (κ1) is 16.7. The molecule has 0 aliphatic carbocycles. The van der Waals surface area contributed by atoms with Crippen LogP contribution in [0.25, 0.3) is 0 Å². The average molecular weight is 341 g/mol. The van der Waals surface area contributed by atoms with Crippen LogP contribution in [0.1, 0.15) is 41.0 Å². The number of benzene rings is 1. The summed E-state index contributed by atoms with van der Waals surface area (Å²) in [5.41, 5.74) is 6.38. The minimum absolute atomic E-state index is 0.0453. The van der Waals surface area contributed by atoms with Crippen molar-refractivity contribution in [3.8, 4) is 5.75 Å². The molecule has 0 spiro atoms. The van der Waals surface area contributed by atoms with Gasteiger partial charge in [0.25, 0.3) is 5.91 Å². The van der Waals surface area contributed by atoms with E-state index in [0.717, 1.165) is 10.7 Å². The molecule has 5 nitrogen and oxygen atoms in total. The number of primary amides is 1. The fourth-order valence-corrected chi connectivity index (χ4v) is 2.84. The lowest BCUT2D eigenvalue weighted by molar-refractivity contribution is 0.0760. The summed E-state index contributed by atoms with van der Waals surface area (Å²) in [7, 11) is 0. The van der Waals surface area contributed by atoms with E-state index in [2.05, 4.69) is 4.98 Å². The quantitative estimate of drug-likeness (QED) is 0.836.